The van der Waals surface area contributed by atoms with Gasteiger partial charge in [0.05, 0.1) is 0 Å². The van der Waals surface area contributed by atoms with Crippen LogP contribution in [0.4, 0.5) is 0 Å². The van der Waals surface area contributed by atoms with Crippen LogP contribution in [0.25, 0.3) is 0 Å². The molecule has 0 aliphatic carbocycles. The van der Waals surface area contributed by atoms with Gasteiger partial charge in [0.25, 0.3) is 0 Å². The minimum Gasteiger partial charge on any atom is -0.368 e. The Kier molecular flexibility index (Phi) is 5.33. The molecule has 0 bridgehead atoms. The van der Waals surface area contributed by atoms with E-state index >= 15 is 0 Å². The van der Waals surface area contributed by atoms with Crippen molar-refractivity contribution in [1.82, 2.24) is 10.6 Å². The van der Waals surface area contributed by atoms with Crippen LogP contribution in [0.5, 0.6) is 0 Å². The van der Waals surface area contributed by atoms with Crippen molar-refractivity contribution in [3.63, 3.8) is 0 Å². The molecule has 1 aliphatic rings. The molecular weight excluding hydrogens is 268 g/mol. The van der Waals surface area contributed by atoms with Crippen molar-refractivity contribution in [2.24, 2.45) is 0 Å². The Balaban J connectivity index is 2.11. The van der Waals surface area contributed by atoms with Crippen LogP contribution in [0.2, 0.25) is 0 Å². The number of hydrogen-bond acceptors (Lipinski definition) is 3. The molecule has 1 aliphatic heterocycles. The Bertz CT molecular complexity index is 482. The highest BCUT2D eigenvalue weighted by molar-refractivity contribution is 5.90. The maximum atomic E-state index is 12.3. The zero-order valence-electron chi connectivity index (χ0n) is 12.5. The summed E-state index contributed by atoms with van der Waals surface area (Å²) in [5.74, 6) is -0.428. The third kappa shape index (κ3) is 4.29. The van der Waals surface area contributed by atoms with E-state index < -0.39 is 12.1 Å². The summed E-state index contributed by atoms with van der Waals surface area (Å²) in [4.78, 5) is 24.5. The summed E-state index contributed by atoms with van der Waals surface area (Å²) in [6.07, 6.45) is 1.15. The van der Waals surface area contributed by atoms with E-state index in [0.717, 1.165) is 12.0 Å². The molecule has 1 aromatic carbocycles. The largest absolute Gasteiger partial charge is 0.368 e. The van der Waals surface area contributed by atoms with E-state index in [0.29, 0.717) is 13.0 Å². The summed E-state index contributed by atoms with van der Waals surface area (Å²) in [6, 6.07) is 8.57. The van der Waals surface area contributed by atoms with Gasteiger partial charge in [0.15, 0.2) is 0 Å². The molecule has 0 saturated carbocycles. The molecule has 5 heteroatoms. The molecule has 0 spiro atoms. The van der Waals surface area contributed by atoms with Gasteiger partial charge in [0.1, 0.15) is 12.1 Å². The average Bonchev–Trinajstić information content (AvgIpc) is 2.99. The highest BCUT2D eigenvalue weighted by atomic mass is 16.5. The average molecular weight is 290 g/mol. The Morgan fingerprint density at radius 2 is 1.90 bits per heavy atom. The van der Waals surface area contributed by atoms with Gasteiger partial charge in [-0.3, -0.25) is 9.59 Å². The van der Waals surface area contributed by atoms with Crippen LogP contribution in [0.15, 0.2) is 30.3 Å². The molecule has 0 aromatic heterocycles. The van der Waals surface area contributed by atoms with Crippen molar-refractivity contribution in [3.05, 3.63) is 35.9 Å². The number of amides is 2. The zero-order chi connectivity index (χ0) is 15.2. The first kappa shape index (κ1) is 15.5. The molecule has 1 fully saturated rings. The Morgan fingerprint density at radius 1 is 1.19 bits per heavy atom. The molecule has 1 aromatic rings. The van der Waals surface area contributed by atoms with Gasteiger partial charge < -0.3 is 15.4 Å². The van der Waals surface area contributed by atoms with E-state index in [4.69, 9.17) is 4.74 Å². The van der Waals surface area contributed by atoms with Gasteiger partial charge in [-0.2, -0.15) is 0 Å². The van der Waals surface area contributed by atoms with Crippen LogP contribution in [-0.2, 0) is 14.3 Å². The standard InChI is InChI=1S/C16H22N2O3/c1-11(2)17-16(20)14(12-7-4-3-5-8-12)18-15(19)13-9-6-10-21-13/h3-5,7-8,11,13-14H,6,9-10H2,1-2H3,(H,17,20)(H,18,19)/t13?,14-/m0/s1. The minimum atomic E-state index is -0.690. The van der Waals surface area contributed by atoms with E-state index in [-0.39, 0.29) is 17.9 Å². The third-order valence-electron chi connectivity index (χ3n) is 3.33. The van der Waals surface area contributed by atoms with Gasteiger partial charge >= 0.3 is 0 Å². The topological polar surface area (TPSA) is 67.4 Å². The molecule has 2 N–H and O–H groups in total. The normalized spacial score (nSPS) is 19.3. The second-order valence-electron chi connectivity index (χ2n) is 5.52. The number of rotatable bonds is 5. The SMILES string of the molecule is CC(C)NC(=O)[C@@H](NC(=O)C1CCCO1)c1ccccc1. The quantitative estimate of drug-likeness (QED) is 0.864. The lowest BCUT2D eigenvalue weighted by molar-refractivity contribution is -0.134. The molecular formula is C16H22N2O3. The molecule has 21 heavy (non-hydrogen) atoms. The van der Waals surface area contributed by atoms with E-state index in [1.54, 1.807) is 0 Å². The maximum absolute atomic E-state index is 12.3. The summed E-state index contributed by atoms with van der Waals surface area (Å²) in [6.45, 7) is 4.38. The monoisotopic (exact) mass is 290 g/mol. The highest BCUT2D eigenvalue weighted by Gasteiger charge is 2.29. The lowest BCUT2D eigenvalue weighted by atomic mass is 10.1. The van der Waals surface area contributed by atoms with Crippen molar-refractivity contribution in [2.75, 3.05) is 6.61 Å². The van der Waals surface area contributed by atoms with Crippen molar-refractivity contribution in [3.8, 4) is 0 Å². The van der Waals surface area contributed by atoms with Crippen LogP contribution in [0, 0.1) is 0 Å². The fourth-order valence-electron chi connectivity index (χ4n) is 2.33. The van der Waals surface area contributed by atoms with Crippen molar-refractivity contribution >= 4 is 11.8 Å². The van der Waals surface area contributed by atoms with Gasteiger partial charge in [-0.25, -0.2) is 0 Å². The van der Waals surface area contributed by atoms with Crippen LogP contribution >= 0.6 is 0 Å². The molecule has 2 amide bonds. The Labute approximate surface area is 125 Å². The van der Waals surface area contributed by atoms with Gasteiger partial charge in [-0.1, -0.05) is 30.3 Å². The summed E-state index contributed by atoms with van der Waals surface area (Å²) < 4.78 is 5.37. The second kappa shape index (κ2) is 7.22. The van der Waals surface area contributed by atoms with E-state index in [1.807, 2.05) is 44.2 Å². The first-order chi connectivity index (χ1) is 10.1. The first-order valence-corrected chi connectivity index (χ1v) is 7.35. The Morgan fingerprint density at radius 3 is 2.48 bits per heavy atom. The van der Waals surface area contributed by atoms with E-state index in [2.05, 4.69) is 10.6 Å². The summed E-state index contributed by atoms with van der Waals surface area (Å²) >= 11 is 0. The third-order valence-corrected chi connectivity index (χ3v) is 3.33. The number of benzene rings is 1. The number of ether oxygens (including phenoxy) is 1. The summed E-state index contributed by atoms with van der Waals surface area (Å²) in [7, 11) is 0. The van der Waals surface area contributed by atoms with Crippen LogP contribution < -0.4 is 10.6 Å². The number of carbonyl (C=O) groups excluding carboxylic acids is 2. The van der Waals surface area contributed by atoms with Crippen LogP contribution in [0.3, 0.4) is 0 Å². The van der Waals surface area contributed by atoms with Gasteiger partial charge in [0, 0.05) is 12.6 Å². The first-order valence-electron chi connectivity index (χ1n) is 7.35. The van der Waals surface area contributed by atoms with Crippen molar-refractivity contribution in [1.29, 1.82) is 0 Å². The minimum absolute atomic E-state index is 0.0170. The van der Waals surface area contributed by atoms with Gasteiger partial charge in [-0.15, -0.1) is 0 Å². The number of nitrogens with one attached hydrogen (secondary N) is 2. The summed E-state index contributed by atoms with van der Waals surface area (Å²) in [5, 5.41) is 5.65. The molecule has 0 radical (unpaired) electrons. The predicted molar refractivity (Wildman–Crippen MR) is 79.6 cm³/mol. The number of carbonyl (C=O) groups is 2. The molecule has 5 nitrogen and oxygen atoms in total. The lowest BCUT2D eigenvalue weighted by Crippen LogP contribution is -2.45. The van der Waals surface area contributed by atoms with Gasteiger partial charge in [-0.05, 0) is 32.3 Å². The highest BCUT2D eigenvalue weighted by Crippen LogP contribution is 2.17. The molecule has 114 valence electrons. The molecule has 1 saturated heterocycles. The Hall–Kier alpha value is -1.88. The smallest absolute Gasteiger partial charge is 0.250 e. The number of hydrogen-bond donors (Lipinski definition) is 2. The predicted octanol–water partition coefficient (Wildman–Crippen LogP) is 1.55. The molecule has 2 atom stereocenters. The van der Waals surface area contributed by atoms with Crippen LogP contribution in [0.1, 0.15) is 38.3 Å². The molecule has 1 heterocycles. The van der Waals surface area contributed by atoms with Crippen LogP contribution in [-0.4, -0.2) is 30.6 Å². The van der Waals surface area contributed by atoms with E-state index in [9.17, 15) is 9.59 Å². The van der Waals surface area contributed by atoms with Gasteiger partial charge in [0.2, 0.25) is 11.8 Å². The summed E-state index contributed by atoms with van der Waals surface area (Å²) in [5.41, 5.74) is 0.766. The fourth-order valence-corrected chi connectivity index (χ4v) is 2.33. The fraction of sp³-hybridized carbons (Fsp3) is 0.500. The molecule has 1 unspecified atom stereocenters. The van der Waals surface area contributed by atoms with Crippen molar-refractivity contribution in [2.45, 2.75) is 44.9 Å². The second-order valence-corrected chi connectivity index (χ2v) is 5.52. The lowest BCUT2D eigenvalue weighted by Gasteiger charge is -2.21. The zero-order valence-corrected chi connectivity index (χ0v) is 12.5. The maximum Gasteiger partial charge on any atom is 0.250 e. The molecule has 2 rings (SSSR count). The van der Waals surface area contributed by atoms with Crippen molar-refractivity contribution < 1.29 is 14.3 Å². The van der Waals surface area contributed by atoms with E-state index in [1.165, 1.54) is 0 Å².